The van der Waals surface area contributed by atoms with Gasteiger partial charge in [-0.25, -0.2) is 0 Å². The molecule has 19 heavy (non-hydrogen) atoms. The monoisotopic (exact) mass is 369 g/mol. The zero-order valence-electron chi connectivity index (χ0n) is 9.86. The smallest absolute Gasteiger partial charge is 0.307 e. The minimum Gasteiger partial charge on any atom is -0.311 e. The van der Waals surface area contributed by atoms with Crippen molar-refractivity contribution in [1.82, 2.24) is 0 Å². The van der Waals surface area contributed by atoms with E-state index >= 15 is 0 Å². The third kappa shape index (κ3) is 2.78. The largest absolute Gasteiger partial charge is 0.311 e. The Bertz CT molecular complexity index is 650. The maximum Gasteiger partial charge on any atom is 0.307 e. The van der Waals surface area contributed by atoms with Crippen molar-refractivity contribution in [3.8, 4) is 0 Å². The van der Waals surface area contributed by atoms with E-state index in [2.05, 4.69) is 15.9 Å². The summed E-state index contributed by atoms with van der Waals surface area (Å²) in [7, 11) is -4.71. The standard InChI is InChI=1S/C11H10BrClFNO3S/c1-6-9(3-2-8(12)11(6)13)15-5-7(4-10(15)16)19(14,17)18/h2-3,7H,4-5H2,1H3. The van der Waals surface area contributed by atoms with Crippen LogP contribution in [0.15, 0.2) is 16.6 Å². The molecule has 1 aliphatic heterocycles. The van der Waals surface area contributed by atoms with Gasteiger partial charge in [-0.2, -0.15) is 8.42 Å². The van der Waals surface area contributed by atoms with Crippen LogP contribution >= 0.6 is 27.5 Å². The molecule has 8 heteroatoms. The van der Waals surface area contributed by atoms with Crippen molar-refractivity contribution < 1.29 is 17.1 Å². The van der Waals surface area contributed by atoms with Crippen LogP contribution in [0.5, 0.6) is 0 Å². The van der Waals surface area contributed by atoms with Gasteiger partial charge < -0.3 is 4.90 Å². The van der Waals surface area contributed by atoms with Crippen LogP contribution < -0.4 is 4.90 Å². The SMILES string of the molecule is Cc1c(N2CC(S(=O)(=O)F)CC2=O)ccc(Br)c1Cl. The van der Waals surface area contributed by atoms with Gasteiger partial charge in [-0.15, -0.1) is 3.89 Å². The highest BCUT2D eigenvalue weighted by Crippen LogP contribution is 2.35. The Morgan fingerprint density at radius 3 is 2.63 bits per heavy atom. The molecule has 1 saturated heterocycles. The molecule has 1 amide bonds. The second-order valence-corrected chi connectivity index (χ2v) is 7.16. The topological polar surface area (TPSA) is 54.5 Å². The van der Waals surface area contributed by atoms with Gasteiger partial charge in [-0.05, 0) is 40.5 Å². The first-order valence-corrected chi connectivity index (χ1v) is 8.02. The van der Waals surface area contributed by atoms with Crippen LogP contribution in [0.3, 0.4) is 0 Å². The zero-order valence-corrected chi connectivity index (χ0v) is 13.0. The average molecular weight is 371 g/mol. The van der Waals surface area contributed by atoms with Crippen LogP contribution in [-0.4, -0.2) is 26.1 Å². The number of benzene rings is 1. The molecule has 1 heterocycles. The van der Waals surface area contributed by atoms with Gasteiger partial charge in [0.1, 0.15) is 5.25 Å². The molecule has 0 aromatic heterocycles. The van der Waals surface area contributed by atoms with Gasteiger partial charge in [0.05, 0.1) is 5.02 Å². The van der Waals surface area contributed by atoms with Gasteiger partial charge in [0.25, 0.3) is 0 Å². The number of hydrogen-bond donors (Lipinski definition) is 0. The fourth-order valence-electron chi connectivity index (χ4n) is 2.03. The summed E-state index contributed by atoms with van der Waals surface area (Å²) in [6.07, 6.45) is -0.341. The summed E-state index contributed by atoms with van der Waals surface area (Å²) in [5.41, 5.74) is 1.14. The third-order valence-corrected chi connectivity index (χ3v) is 5.58. The van der Waals surface area contributed by atoms with Crippen molar-refractivity contribution in [1.29, 1.82) is 0 Å². The van der Waals surface area contributed by atoms with Gasteiger partial charge in [-0.1, -0.05) is 11.6 Å². The van der Waals surface area contributed by atoms with Gasteiger partial charge in [0, 0.05) is 23.1 Å². The van der Waals surface area contributed by atoms with E-state index in [0.717, 1.165) is 0 Å². The molecule has 1 aromatic rings. The molecule has 0 aliphatic carbocycles. The Balaban J connectivity index is 2.39. The predicted octanol–water partition coefficient (Wildman–Crippen LogP) is 2.82. The van der Waals surface area contributed by atoms with E-state index in [0.29, 0.717) is 20.7 Å². The van der Waals surface area contributed by atoms with Crippen LogP contribution in [0.25, 0.3) is 0 Å². The Hall–Kier alpha value is -0.660. The van der Waals surface area contributed by atoms with Gasteiger partial charge in [-0.3, -0.25) is 4.79 Å². The lowest BCUT2D eigenvalue weighted by molar-refractivity contribution is -0.117. The number of nitrogens with zero attached hydrogens (tertiary/aromatic N) is 1. The van der Waals surface area contributed by atoms with E-state index in [1.807, 2.05) is 0 Å². The number of halogens is 3. The molecular weight excluding hydrogens is 361 g/mol. The summed E-state index contributed by atoms with van der Waals surface area (Å²) in [6, 6.07) is 3.31. The summed E-state index contributed by atoms with van der Waals surface area (Å²) >= 11 is 9.31. The lowest BCUT2D eigenvalue weighted by Crippen LogP contribution is -2.27. The van der Waals surface area contributed by atoms with Crippen molar-refractivity contribution in [2.45, 2.75) is 18.6 Å². The normalized spacial score (nSPS) is 20.1. The molecule has 1 unspecified atom stereocenters. The van der Waals surface area contributed by atoms with Crippen molar-refractivity contribution >= 4 is 49.3 Å². The molecule has 1 aromatic carbocycles. The summed E-state index contributed by atoms with van der Waals surface area (Å²) in [5, 5.41) is -0.862. The van der Waals surface area contributed by atoms with Crippen molar-refractivity contribution in [3.05, 3.63) is 27.2 Å². The molecular formula is C11H10BrClFNO3S. The highest BCUT2D eigenvalue weighted by molar-refractivity contribution is 9.10. The molecule has 0 radical (unpaired) electrons. The molecule has 0 bridgehead atoms. The number of carbonyl (C=O) groups excluding carboxylic acids is 1. The molecule has 0 spiro atoms. The minimum absolute atomic E-state index is 0.184. The average Bonchev–Trinajstić information content (AvgIpc) is 2.68. The Labute approximate surface area is 123 Å². The number of anilines is 1. The minimum atomic E-state index is -4.71. The Morgan fingerprint density at radius 1 is 1.47 bits per heavy atom. The molecule has 4 nitrogen and oxygen atoms in total. The first kappa shape index (κ1) is 14.7. The Kier molecular flexibility index (Phi) is 3.90. The Morgan fingerprint density at radius 2 is 2.11 bits per heavy atom. The van der Waals surface area contributed by atoms with E-state index in [1.165, 1.54) is 4.90 Å². The van der Waals surface area contributed by atoms with E-state index in [-0.39, 0.29) is 13.0 Å². The first-order valence-electron chi connectivity index (χ1n) is 5.40. The van der Waals surface area contributed by atoms with Crippen LogP contribution in [0, 0.1) is 6.92 Å². The molecule has 2 rings (SSSR count). The first-order chi connectivity index (χ1) is 8.71. The van der Waals surface area contributed by atoms with Crippen molar-refractivity contribution in [2.75, 3.05) is 11.4 Å². The highest BCUT2D eigenvalue weighted by Gasteiger charge is 2.39. The quantitative estimate of drug-likeness (QED) is 0.752. The van der Waals surface area contributed by atoms with Crippen LogP contribution in [0.1, 0.15) is 12.0 Å². The number of rotatable bonds is 2. The molecule has 1 fully saturated rings. The highest BCUT2D eigenvalue weighted by atomic mass is 79.9. The number of amides is 1. The fraction of sp³-hybridized carbons (Fsp3) is 0.364. The van der Waals surface area contributed by atoms with Crippen molar-refractivity contribution in [2.24, 2.45) is 0 Å². The molecule has 104 valence electrons. The predicted molar refractivity (Wildman–Crippen MR) is 74.7 cm³/mol. The second kappa shape index (κ2) is 5.03. The lowest BCUT2D eigenvalue weighted by Gasteiger charge is -2.19. The summed E-state index contributed by atoms with van der Waals surface area (Å²) in [6.45, 7) is 1.53. The summed E-state index contributed by atoms with van der Waals surface area (Å²) < 4.78 is 35.4. The summed E-state index contributed by atoms with van der Waals surface area (Å²) in [5.74, 6) is -0.423. The van der Waals surface area contributed by atoms with E-state index < -0.39 is 21.4 Å². The zero-order chi connectivity index (χ0) is 14.4. The molecule has 0 saturated carbocycles. The van der Waals surface area contributed by atoms with Crippen LogP contribution in [-0.2, 0) is 15.0 Å². The van der Waals surface area contributed by atoms with Gasteiger partial charge in [0.2, 0.25) is 5.91 Å². The fourth-order valence-corrected chi connectivity index (χ4v) is 3.29. The lowest BCUT2D eigenvalue weighted by atomic mass is 10.2. The van der Waals surface area contributed by atoms with Gasteiger partial charge >= 0.3 is 10.2 Å². The second-order valence-electron chi connectivity index (χ2n) is 4.31. The molecule has 0 N–H and O–H groups in total. The third-order valence-electron chi connectivity index (χ3n) is 3.09. The summed E-state index contributed by atoms with van der Waals surface area (Å²) in [4.78, 5) is 13.1. The van der Waals surface area contributed by atoms with E-state index in [1.54, 1.807) is 19.1 Å². The molecule has 1 aliphatic rings. The molecule has 1 atom stereocenters. The van der Waals surface area contributed by atoms with Gasteiger partial charge in [0.15, 0.2) is 0 Å². The van der Waals surface area contributed by atoms with E-state index in [9.17, 15) is 17.1 Å². The van der Waals surface area contributed by atoms with Crippen LogP contribution in [0.2, 0.25) is 5.02 Å². The maximum atomic E-state index is 13.0. The maximum absolute atomic E-state index is 13.0. The number of hydrogen-bond acceptors (Lipinski definition) is 3. The van der Waals surface area contributed by atoms with E-state index in [4.69, 9.17) is 11.6 Å². The van der Waals surface area contributed by atoms with Crippen LogP contribution in [0.4, 0.5) is 9.57 Å². The number of carbonyl (C=O) groups is 1. The van der Waals surface area contributed by atoms with Crippen molar-refractivity contribution in [3.63, 3.8) is 0 Å².